The van der Waals surface area contributed by atoms with Gasteiger partial charge in [-0.05, 0) is 29.7 Å². The van der Waals surface area contributed by atoms with Crippen LogP contribution in [0.15, 0.2) is 30.3 Å². The largest absolute Gasteiger partial charge is 0.399 e. The van der Waals surface area contributed by atoms with Crippen LogP contribution in [-0.4, -0.2) is 12.5 Å². The maximum Gasteiger partial charge on any atom is 0.244 e. The number of hydrogen-bond acceptors (Lipinski definition) is 2. The van der Waals surface area contributed by atoms with E-state index in [0.717, 1.165) is 24.2 Å². The molecule has 1 aromatic rings. The number of rotatable bonds is 5. The summed E-state index contributed by atoms with van der Waals surface area (Å²) in [5, 5.41) is 2.86. The topological polar surface area (TPSA) is 55.1 Å². The number of nitrogens with two attached hydrogens (primary N) is 1. The zero-order valence-electron chi connectivity index (χ0n) is 10.4. The molecule has 92 valence electrons. The van der Waals surface area contributed by atoms with Gasteiger partial charge in [-0.2, -0.15) is 0 Å². The van der Waals surface area contributed by atoms with E-state index in [2.05, 4.69) is 19.2 Å². The normalized spacial score (nSPS) is 12.6. The van der Waals surface area contributed by atoms with Crippen molar-refractivity contribution in [2.45, 2.75) is 20.3 Å². The van der Waals surface area contributed by atoms with Crippen molar-refractivity contribution < 1.29 is 4.79 Å². The van der Waals surface area contributed by atoms with Crippen LogP contribution in [0.25, 0.3) is 6.08 Å². The second-order valence-corrected chi connectivity index (χ2v) is 4.26. The third kappa shape index (κ3) is 5.20. The number of hydrogen-bond donors (Lipinski definition) is 2. The average molecular weight is 232 g/mol. The van der Waals surface area contributed by atoms with E-state index in [1.54, 1.807) is 12.2 Å². The number of benzene rings is 1. The molecular formula is C14H20N2O. The summed E-state index contributed by atoms with van der Waals surface area (Å²) in [6, 6.07) is 7.40. The molecule has 0 aliphatic rings. The van der Waals surface area contributed by atoms with Gasteiger partial charge < -0.3 is 11.1 Å². The molecule has 0 aromatic heterocycles. The minimum atomic E-state index is -0.0536. The van der Waals surface area contributed by atoms with E-state index in [1.165, 1.54) is 0 Å². The molecular weight excluding hydrogens is 212 g/mol. The molecule has 0 spiro atoms. The van der Waals surface area contributed by atoms with Crippen molar-refractivity contribution in [3.63, 3.8) is 0 Å². The van der Waals surface area contributed by atoms with Gasteiger partial charge in [0.25, 0.3) is 0 Å². The second-order valence-electron chi connectivity index (χ2n) is 4.26. The molecule has 1 aromatic carbocycles. The van der Waals surface area contributed by atoms with Crippen molar-refractivity contribution >= 4 is 17.7 Å². The van der Waals surface area contributed by atoms with Crippen molar-refractivity contribution in [1.29, 1.82) is 0 Å². The first-order chi connectivity index (χ1) is 8.11. The maximum atomic E-state index is 11.5. The Morgan fingerprint density at radius 2 is 2.06 bits per heavy atom. The molecule has 1 atom stereocenters. The van der Waals surface area contributed by atoms with Gasteiger partial charge in [-0.3, -0.25) is 4.79 Å². The fraction of sp³-hybridized carbons (Fsp3) is 0.357. The predicted molar refractivity (Wildman–Crippen MR) is 72.4 cm³/mol. The molecule has 3 nitrogen and oxygen atoms in total. The molecule has 0 saturated heterocycles. The van der Waals surface area contributed by atoms with E-state index in [1.807, 2.05) is 24.3 Å². The van der Waals surface area contributed by atoms with Gasteiger partial charge in [0.15, 0.2) is 0 Å². The first kappa shape index (κ1) is 13.3. The van der Waals surface area contributed by atoms with Crippen molar-refractivity contribution in [3.8, 4) is 0 Å². The smallest absolute Gasteiger partial charge is 0.244 e. The molecule has 17 heavy (non-hydrogen) atoms. The van der Waals surface area contributed by atoms with Crippen LogP contribution in [0, 0.1) is 5.92 Å². The molecule has 0 radical (unpaired) electrons. The number of anilines is 1. The number of amides is 1. The molecule has 0 saturated carbocycles. The number of carbonyl (C=O) groups excluding carboxylic acids is 1. The Balaban J connectivity index is 2.42. The lowest BCUT2D eigenvalue weighted by Gasteiger charge is -2.07. The first-order valence-corrected chi connectivity index (χ1v) is 5.93. The van der Waals surface area contributed by atoms with E-state index in [-0.39, 0.29) is 5.91 Å². The minimum Gasteiger partial charge on any atom is -0.399 e. The minimum absolute atomic E-state index is 0.0536. The first-order valence-electron chi connectivity index (χ1n) is 5.93. The Morgan fingerprint density at radius 1 is 1.41 bits per heavy atom. The van der Waals surface area contributed by atoms with E-state index >= 15 is 0 Å². The summed E-state index contributed by atoms with van der Waals surface area (Å²) >= 11 is 0. The Labute approximate surface area is 103 Å². The monoisotopic (exact) mass is 232 g/mol. The van der Waals surface area contributed by atoms with Crippen LogP contribution in [0.5, 0.6) is 0 Å². The van der Waals surface area contributed by atoms with Gasteiger partial charge in [-0.25, -0.2) is 0 Å². The summed E-state index contributed by atoms with van der Waals surface area (Å²) in [6.45, 7) is 4.95. The van der Waals surface area contributed by atoms with Gasteiger partial charge in [-0.1, -0.05) is 32.4 Å². The van der Waals surface area contributed by atoms with Crippen molar-refractivity contribution in [2.24, 2.45) is 5.92 Å². The van der Waals surface area contributed by atoms with Crippen LogP contribution in [0.1, 0.15) is 25.8 Å². The third-order valence-electron chi connectivity index (χ3n) is 2.69. The van der Waals surface area contributed by atoms with Crippen molar-refractivity contribution in [2.75, 3.05) is 12.3 Å². The lowest BCUT2D eigenvalue weighted by Crippen LogP contribution is -2.26. The Morgan fingerprint density at radius 3 is 2.65 bits per heavy atom. The highest BCUT2D eigenvalue weighted by Crippen LogP contribution is 2.06. The number of nitrogen functional groups attached to an aromatic ring is 1. The lowest BCUT2D eigenvalue weighted by atomic mass is 10.1. The quantitative estimate of drug-likeness (QED) is 0.605. The predicted octanol–water partition coefficient (Wildman–Crippen LogP) is 2.44. The van der Waals surface area contributed by atoms with Gasteiger partial charge in [-0.15, -0.1) is 0 Å². The summed E-state index contributed by atoms with van der Waals surface area (Å²) in [6.07, 6.45) is 4.40. The van der Waals surface area contributed by atoms with Crippen LogP contribution < -0.4 is 11.1 Å². The van der Waals surface area contributed by atoms with Crippen LogP contribution in [-0.2, 0) is 4.79 Å². The summed E-state index contributed by atoms with van der Waals surface area (Å²) in [5.41, 5.74) is 7.27. The average Bonchev–Trinajstić information content (AvgIpc) is 2.35. The van der Waals surface area contributed by atoms with Gasteiger partial charge >= 0.3 is 0 Å². The molecule has 1 amide bonds. The van der Waals surface area contributed by atoms with Crippen LogP contribution in [0.4, 0.5) is 5.69 Å². The molecule has 1 rings (SSSR count). The lowest BCUT2D eigenvalue weighted by molar-refractivity contribution is -0.116. The molecule has 0 aliphatic carbocycles. The van der Waals surface area contributed by atoms with E-state index in [0.29, 0.717) is 5.92 Å². The summed E-state index contributed by atoms with van der Waals surface area (Å²) in [7, 11) is 0. The molecule has 3 N–H and O–H groups in total. The molecule has 0 aliphatic heterocycles. The van der Waals surface area contributed by atoms with Crippen LogP contribution in [0.3, 0.4) is 0 Å². The second kappa shape index (κ2) is 6.74. The highest BCUT2D eigenvalue weighted by molar-refractivity contribution is 5.91. The molecule has 3 heteroatoms. The summed E-state index contributed by atoms with van der Waals surface area (Å²) in [4.78, 5) is 11.5. The van der Waals surface area contributed by atoms with E-state index in [4.69, 9.17) is 5.73 Å². The molecule has 0 bridgehead atoms. The summed E-state index contributed by atoms with van der Waals surface area (Å²) in [5.74, 6) is 0.464. The van der Waals surface area contributed by atoms with Crippen LogP contribution in [0.2, 0.25) is 0 Å². The van der Waals surface area contributed by atoms with Gasteiger partial charge in [0.1, 0.15) is 0 Å². The number of carbonyl (C=O) groups is 1. The Bertz CT molecular complexity index is 382. The van der Waals surface area contributed by atoms with Gasteiger partial charge in [0, 0.05) is 18.3 Å². The Hall–Kier alpha value is -1.77. The number of nitrogens with one attached hydrogen (secondary N) is 1. The maximum absolute atomic E-state index is 11.5. The zero-order chi connectivity index (χ0) is 12.7. The van der Waals surface area contributed by atoms with Crippen molar-refractivity contribution in [1.82, 2.24) is 5.32 Å². The fourth-order valence-electron chi connectivity index (χ4n) is 1.26. The van der Waals surface area contributed by atoms with E-state index < -0.39 is 0 Å². The molecule has 1 unspecified atom stereocenters. The highest BCUT2D eigenvalue weighted by atomic mass is 16.1. The Kier molecular flexibility index (Phi) is 5.27. The molecule has 0 heterocycles. The summed E-state index contributed by atoms with van der Waals surface area (Å²) < 4.78 is 0. The van der Waals surface area contributed by atoms with E-state index in [9.17, 15) is 4.79 Å². The molecule has 0 fully saturated rings. The standard InChI is InChI=1S/C14H20N2O/c1-3-11(2)10-16-14(17)9-6-12-4-7-13(15)8-5-12/h4-9,11H,3,10,15H2,1-2H3,(H,16,17)/b9-6+. The highest BCUT2D eigenvalue weighted by Gasteiger charge is 2.00. The zero-order valence-corrected chi connectivity index (χ0v) is 10.4. The third-order valence-corrected chi connectivity index (χ3v) is 2.69. The fourth-order valence-corrected chi connectivity index (χ4v) is 1.26. The van der Waals surface area contributed by atoms with Crippen LogP contribution >= 0.6 is 0 Å². The van der Waals surface area contributed by atoms with Gasteiger partial charge in [0.2, 0.25) is 5.91 Å². The van der Waals surface area contributed by atoms with Crippen molar-refractivity contribution in [3.05, 3.63) is 35.9 Å². The van der Waals surface area contributed by atoms with Gasteiger partial charge in [0.05, 0.1) is 0 Å². The SMILES string of the molecule is CCC(C)CNC(=O)/C=C/c1ccc(N)cc1.